The van der Waals surface area contributed by atoms with E-state index in [2.05, 4.69) is 21.2 Å². The number of alkyl halides is 1. The predicted molar refractivity (Wildman–Crippen MR) is 67.8 cm³/mol. The third-order valence-electron chi connectivity index (χ3n) is 2.99. The average Bonchev–Trinajstić information content (AvgIpc) is 2.81. The third kappa shape index (κ3) is 2.90. The first-order valence-corrected chi connectivity index (χ1v) is 6.68. The highest BCUT2D eigenvalue weighted by Gasteiger charge is 2.26. The summed E-state index contributed by atoms with van der Waals surface area (Å²) in [5, 5.41) is 13.3. The van der Waals surface area contributed by atoms with Gasteiger partial charge in [-0.1, -0.05) is 28.8 Å². The molecule has 0 saturated heterocycles. The van der Waals surface area contributed by atoms with Gasteiger partial charge in [-0.3, -0.25) is 14.9 Å². The zero-order valence-electron chi connectivity index (χ0n) is 9.60. The van der Waals surface area contributed by atoms with Gasteiger partial charge in [0.1, 0.15) is 4.92 Å². The molecule has 0 radical (unpaired) electrons. The zero-order chi connectivity index (χ0) is 13.1. The SMILES string of the molecule is O=C(NC1CCCCC1Br)c1ccc([N+](=O)[O-])o1. The molecule has 1 heterocycles. The van der Waals surface area contributed by atoms with Crippen LogP contribution in [0.25, 0.3) is 0 Å². The van der Waals surface area contributed by atoms with Crippen molar-refractivity contribution in [3.8, 4) is 0 Å². The van der Waals surface area contributed by atoms with E-state index in [0.717, 1.165) is 25.7 Å². The van der Waals surface area contributed by atoms with E-state index in [-0.39, 0.29) is 16.6 Å². The van der Waals surface area contributed by atoms with Gasteiger partial charge in [-0.15, -0.1) is 0 Å². The lowest BCUT2D eigenvalue weighted by atomic mass is 9.95. The van der Waals surface area contributed by atoms with Crippen molar-refractivity contribution in [3.05, 3.63) is 28.0 Å². The number of nitro groups is 1. The molecule has 1 N–H and O–H groups in total. The zero-order valence-corrected chi connectivity index (χ0v) is 11.2. The van der Waals surface area contributed by atoms with E-state index in [1.165, 1.54) is 12.1 Å². The number of carbonyl (C=O) groups is 1. The second-order valence-electron chi connectivity index (χ2n) is 4.28. The number of halogens is 1. The number of carbonyl (C=O) groups excluding carboxylic acids is 1. The first-order chi connectivity index (χ1) is 8.58. The van der Waals surface area contributed by atoms with Crippen LogP contribution in [-0.4, -0.2) is 21.7 Å². The van der Waals surface area contributed by atoms with Gasteiger partial charge in [0, 0.05) is 10.9 Å². The Morgan fingerprint density at radius 3 is 2.78 bits per heavy atom. The lowest BCUT2D eigenvalue weighted by molar-refractivity contribution is -0.402. The van der Waals surface area contributed by atoms with Crippen LogP contribution >= 0.6 is 15.9 Å². The van der Waals surface area contributed by atoms with Crippen molar-refractivity contribution in [1.82, 2.24) is 5.32 Å². The lowest BCUT2D eigenvalue weighted by Crippen LogP contribution is -2.42. The number of hydrogen-bond donors (Lipinski definition) is 1. The van der Waals surface area contributed by atoms with E-state index in [1.54, 1.807) is 0 Å². The molecule has 6 nitrogen and oxygen atoms in total. The highest BCUT2D eigenvalue weighted by Crippen LogP contribution is 2.25. The Bertz CT molecular complexity index is 460. The van der Waals surface area contributed by atoms with Gasteiger partial charge in [-0.2, -0.15) is 0 Å². The summed E-state index contributed by atoms with van der Waals surface area (Å²) in [5.41, 5.74) is 0. The summed E-state index contributed by atoms with van der Waals surface area (Å²) < 4.78 is 4.86. The van der Waals surface area contributed by atoms with E-state index in [4.69, 9.17) is 4.42 Å². The number of hydrogen-bond acceptors (Lipinski definition) is 4. The first-order valence-electron chi connectivity index (χ1n) is 5.77. The van der Waals surface area contributed by atoms with Gasteiger partial charge in [-0.25, -0.2) is 0 Å². The molecule has 1 aliphatic carbocycles. The average molecular weight is 317 g/mol. The van der Waals surface area contributed by atoms with Crippen LogP contribution in [0, 0.1) is 10.1 Å². The van der Waals surface area contributed by atoms with Crippen molar-refractivity contribution >= 4 is 27.7 Å². The Hall–Kier alpha value is -1.37. The van der Waals surface area contributed by atoms with Crippen molar-refractivity contribution in [2.24, 2.45) is 0 Å². The summed E-state index contributed by atoms with van der Waals surface area (Å²) in [6.07, 6.45) is 4.15. The molecule has 0 aliphatic heterocycles. The molecule has 1 aromatic heterocycles. The fourth-order valence-corrected chi connectivity index (χ4v) is 2.76. The summed E-state index contributed by atoms with van der Waals surface area (Å²) in [6.45, 7) is 0. The van der Waals surface area contributed by atoms with Crippen LogP contribution in [0.3, 0.4) is 0 Å². The quantitative estimate of drug-likeness (QED) is 0.527. The summed E-state index contributed by atoms with van der Waals surface area (Å²) in [7, 11) is 0. The topological polar surface area (TPSA) is 85.4 Å². The fourth-order valence-electron chi connectivity index (χ4n) is 2.04. The molecule has 1 saturated carbocycles. The van der Waals surface area contributed by atoms with Gasteiger partial charge in [0.2, 0.25) is 0 Å². The van der Waals surface area contributed by atoms with Crippen molar-refractivity contribution in [3.63, 3.8) is 0 Å². The monoisotopic (exact) mass is 316 g/mol. The lowest BCUT2D eigenvalue weighted by Gasteiger charge is -2.27. The van der Waals surface area contributed by atoms with Gasteiger partial charge in [0.15, 0.2) is 5.76 Å². The molecule has 0 aromatic carbocycles. The van der Waals surface area contributed by atoms with E-state index in [9.17, 15) is 14.9 Å². The van der Waals surface area contributed by atoms with Crippen molar-refractivity contribution in [1.29, 1.82) is 0 Å². The smallest absolute Gasteiger partial charge is 0.395 e. The maximum Gasteiger partial charge on any atom is 0.433 e. The van der Waals surface area contributed by atoms with Crippen LogP contribution in [0.5, 0.6) is 0 Å². The van der Waals surface area contributed by atoms with Crippen LogP contribution in [-0.2, 0) is 0 Å². The number of nitrogens with zero attached hydrogens (tertiary/aromatic N) is 1. The van der Waals surface area contributed by atoms with Crippen LogP contribution in [0.2, 0.25) is 0 Å². The molecule has 18 heavy (non-hydrogen) atoms. The fraction of sp³-hybridized carbons (Fsp3) is 0.545. The van der Waals surface area contributed by atoms with Crippen LogP contribution in [0.4, 0.5) is 5.88 Å². The molecule has 1 aliphatic rings. The summed E-state index contributed by atoms with van der Waals surface area (Å²) in [5.74, 6) is -0.842. The molecular weight excluding hydrogens is 304 g/mol. The number of rotatable bonds is 3. The molecule has 1 aromatic rings. The van der Waals surface area contributed by atoms with E-state index in [0.29, 0.717) is 0 Å². The molecule has 2 atom stereocenters. The Balaban J connectivity index is 2.00. The molecule has 0 spiro atoms. The van der Waals surface area contributed by atoms with Gasteiger partial charge >= 0.3 is 5.88 Å². The van der Waals surface area contributed by atoms with Crippen LogP contribution in [0.15, 0.2) is 16.5 Å². The van der Waals surface area contributed by atoms with Crippen LogP contribution < -0.4 is 5.32 Å². The number of amides is 1. The first kappa shape index (κ1) is 13.1. The second-order valence-corrected chi connectivity index (χ2v) is 5.45. The van der Waals surface area contributed by atoms with Crippen molar-refractivity contribution < 1.29 is 14.1 Å². The molecule has 1 amide bonds. The maximum absolute atomic E-state index is 11.8. The molecular formula is C11H13BrN2O4. The summed E-state index contributed by atoms with van der Waals surface area (Å²) in [6, 6.07) is 2.55. The van der Waals surface area contributed by atoms with Gasteiger partial charge in [0.25, 0.3) is 5.91 Å². The standard InChI is InChI=1S/C11H13BrN2O4/c12-7-3-1-2-4-8(7)13-11(15)9-5-6-10(18-9)14(16)17/h5-8H,1-4H2,(H,13,15). The molecule has 2 rings (SSSR count). The predicted octanol–water partition coefficient (Wildman–Crippen LogP) is 2.62. The minimum atomic E-state index is -0.662. The number of nitrogens with one attached hydrogen (secondary N) is 1. The van der Waals surface area contributed by atoms with Crippen molar-refractivity contribution in [2.75, 3.05) is 0 Å². The largest absolute Gasteiger partial charge is 0.433 e. The third-order valence-corrected chi connectivity index (χ3v) is 4.09. The van der Waals surface area contributed by atoms with Gasteiger partial charge in [0.05, 0.1) is 6.07 Å². The highest BCUT2D eigenvalue weighted by atomic mass is 79.9. The minimum absolute atomic E-state index is 0.0213. The Kier molecular flexibility index (Phi) is 4.00. The molecule has 98 valence electrons. The minimum Gasteiger partial charge on any atom is -0.395 e. The molecule has 7 heteroatoms. The maximum atomic E-state index is 11.8. The Morgan fingerprint density at radius 2 is 2.17 bits per heavy atom. The molecule has 2 unspecified atom stereocenters. The van der Waals surface area contributed by atoms with Gasteiger partial charge < -0.3 is 9.73 Å². The van der Waals surface area contributed by atoms with E-state index >= 15 is 0 Å². The van der Waals surface area contributed by atoms with E-state index < -0.39 is 16.7 Å². The summed E-state index contributed by atoms with van der Waals surface area (Å²) in [4.78, 5) is 21.9. The van der Waals surface area contributed by atoms with Crippen molar-refractivity contribution in [2.45, 2.75) is 36.6 Å². The van der Waals surface area contributed by atoms with Crippen LogP contribution in [0.1, 0.15) is 36.2 Å². The normalized spacial score (nSPS) is 23.6. The molecule has 1 fully saturated rings. The van der Waals surface area contributed by atoms with E-state index in [1.807, 2.05) is 0 Å². The summed E-state index contributed by atoms with van der Waals surface area (Å²) >= 11 is 3.53. The molecule has 0 bridgehead atoms. The van der Waals surface area contributed by atoms with Gasteiger partial charge in [-0.05, 0) is 18.9 Å². The Labute approximate surface area is 112 Å². The highest BCUT2D eigenvalue weighted by molar-refractivity contribution is 9.09. The number of furan rings is 1. The second kappa shape index (κ2) is 5.51. The Morgan fingerprint density at radius 1 is 1.44 bits per heavy atom.